The van der Waals surface area contributed by atoms with Crippen LogP contribution in [0.3, 0.4) is 0 Å². The summed E-state index contributed by atoms with van der Waals surface area (Å²) in [5, 5.41) is 9.21. The van der Waals surface area contributed by atoms with Crippen LogP contribution in [0, 0.1) is 0 Å². The average Bonchev–Trinajstić information content (AvgIpc) is 2.45. The summed E-state index contributed by atoms with van der Waals surface area (Å²) in [5.41, 5.74) is 0.207. The maximum absolute atomic E-state index is 11.5. The summed E-state index contributed by atoms with van der Waals surface area (Å²) >= 11 is 0. The highest BCUT2D eigenvalue weighted by molar-refractivity contribution is 6.03. The minimum Gasteiger partial charge on any atom is -0.478 e. The van der Waals surface area contributed by atoms with Crippen molar-refractivity contribution < 1.29 is 29.0 Å². The van der Waals surface area contributed by atoms with Crippen LogP contribution in [0.4, 0.5) is 0 Å². The van der Waals surface area contributed by atoms with Gasteiger partial charge in [0.05, 0.1) is 24.8 Å². The Morgan fingerprint density at radius 2 is 2.05 bits per heavy atom. The minimum absolute atomic E-state index is 0.00421. The van der Waals surface area contributed by atoms with Crippen molar-refractivity contribution in [3.63, 3.8) is 0 Å². The van der Waals surface area contributed by atoms with Gasteiger partial charge in [0.2, 0.25) is 0 Å². The lowest BCUT2D eigenvalue weighted by molar-refractivity contribution is -0.137. The Hall–Kier alpha value is -2.63. The number of esters is 2. The van der Waals surface area contributed by atoms with Gasteiger partial charge < -0.3 is 14.6 Å². The molecule has 6 nitrogen and oxygen atoms in total. The van der Waals surface area contributed by atoms with E-state index >= 15 is 0 Å². The third-order valence-corrected chi connectivity index (χ3v) is 2.55. The Bertz CT molecular complexity index is 547. The molecule has 0 saturated heterocycles. The molecule has 0 amide bonds. The fourth-order valence-electron chi connectivity index (χ4n) is 1.66. The lowest BCUT2D eigenvalue weighted by Gasteiger charge is -2.10. The molecule has 0 unspecified atom stereocenters. The molecule has 0 aliphatic heterocycles. The highest BCUT2D eigenvalue weighted by atomic mass is 16.5. The van der Waals surface area contributed by atoms with Crippen LogP contribution >= 0.6 is 0 Å². The van der Waals surface area contributed by atoms with Gasteiger partial charge in [-0.25, -0.2) is 14.4 Å². The monoisotopic (exact) mass is 278 g/mol. The first-order valence-electron chi connectivity index (χ1n) is 5.74. The van der Waals surface area contributed by atoms with Crippen LogP contribution in [0.1, 0.15) is 26.3 Å². The van der Waals surface area contributed by atoms with E-state index in [4.69, 9.17) is 4.74 Å². The topological polar surface area (TPSA) is 89.9 Å². The van der Waals surface area contributed by atoms with Gasteiger partial charge in [-0.15, -0.1) is 0 Å². The van der Waals surface area contributed by atoms with E-state index in [2.05, 4.69) is 11.3 Å². The number of benzene rings is 1. The highest BCUT2D eigenvalue weighted by Crippen LogP contribution is 2.17. The zero-order chi connectivity index (χ0) is 15.1. The normalized spacial score (nSPS) is 9.65. The number of hydrogen-bond donors (Lipinski definition) is 1. The van der Waals surface area contributed by atoms with Crippen LogP contribution in [0.2, 0.25) is 0 Å². The summed E-state index contributed by atoms with van der Waals surface area (Å²) in [5.74, 6) is -2.56. The highest BCUT2D eigenvalue weighted by Gasteiger charge is 2.20. The maximum Gasteiger partial charge on any atom is 0.338 e. The molecule has 0 atom stereocenters. The van der Waals surface area contributed by atoms with E-state index in [0.29, 0.717) is 5.56 Å². The molecule has 0 heterocycles. The van der Waals surface area contributed by atoms with Gasteiger partial charge in [0.15, 0.2) is 0 Å². The molecule has 0 aliphatic rings. The Labute approximate surface area is 115 Å². The molecule has 0 fully saturated rings. The zero-order valence-corrected chi connectivity index (χ0v) is 10.9. The van der Waals surface area contributed by atoms with E-state index in [1.807, 2.05) is 0 Å². The Kier molecular flexibility index (Phi) is 5.46. The number of carbonyl (C=O) groups is 3. The van der Waals surface area contributed by atoms with Crippen molar-refractivity contribution in [2.24, 2.45) is 0 Å². The first-order chi connectivity index (χ1) is 9.51. The van der Waals surface area contributed by atoms with Crippen molar-refractivity contribution in [1.29, 1.82) is 0 Å². The van der Waals surface area contributed by atoms with E-state index in [9.17, 15) is 19.5 Å². The third-order valence-electron chi connectivity index (χ3n) is 2.55. The van der Waals surface area contributed by atoms with Crippen molar-refractivity contribution in [1.82, 2.24) is 0 Å². The standard InChI is InChI=1S/C14H14O6/c1-3-11(15)20-8-7-9-5-4-6-10(14(18)19-2)12(9)13(16)17/h3-6H,1,7-8H2,2H3,(H,16,17). The summed E-state index contributed by atoms with van der Waals surface area (Å²) < 4.78 is 9.33. The predicted octanol–water partition coefficient (Wildman–Crippen LogP) is 1.44. The molecule has 0 radical (unpaired) electrons. The van der Waals surface area contributed by atoms with Crippen molar-refractivity contribution in [3.05, 3.63) is 47.5 Å². The fourth-order valence-corrected chi connectivity index (χ4v) is 1.66. The molecule has 0 spiro atoms. The van der Waals surface area contributed by atoms with Crippen molar-refractivity contribution in [3.8, 4) is 0 Å². The Balaban J connectivity index is 3.01. The Morgan fingerprint density at radius 1 is 1.35 bits per heavy atom. The van der Waals surface area contributed by atoms with E-state index in [1.165, 1.54) is 13.2 Å². The number of carboxylic acid groups (broad SMARTS) is 1. The smallest absolute Gasteiger partial charge is 0.338 e. The van der Waals surface area contributed by atoms with Gasteiger partial charge >= 0.3 is 17.9 Å². The van der Waals surface area contributed by atoms with Crippen LogP contribution in [0.5, 0.6) is 0 Å². The van der Waals surface area contributed by atoms with E-state index < -0.39 is 17.9 Å². The van der Waals surface area contributed by atoms with Gasteiger partial charge in [-0.2, -0.15) is 0 Å². The summed E-state index contributed by atoms with van der Waals surface area (Å²) in [6.45, 7) is 3.25. The number of methoxy groups -OCH3 is 1. The summed E-state index contributed by atoms with van der Waals surface area (Å²) in [4.78, 5) is 33.7. The van der Waals surface area contributed by atoms with Gasteiger partial charge in [-0.05, 0) is 11.6 Å². The number of hydrogen-bond acceptors (Lipinski definition) is 5. The van der Waals surface area contributed by atoms with Crippen molar-refractivity contribution >= 4 is 17.9 Å². The number of carbonyl (C=O) groups excluding carboxylic acids is 2. The molecule has 20 heavy (non-hydrogen) atoms. The summed E-state index contributed by atoms with van der Waals surface area (Å²) in [6.07, 6.45) is 1.19. The fraction of sp³-hybridized carbons (Fsp3) is 0.214. The van der Waals surface area contributed by atoms with E-state index in [0.717, 1.165) is 6.08 Å². The molecule has 0 saturated carbocycles. The largest absolute Gasteiger partial charge is 0.478 e. The molecule has 1 aromatic rings. The van der Waals surface area contributed by atoms with Crippen LogP contribution in [0.25, 0.3) is 0 Å². The molecule has 1 aromatic carbocycles. The molecule has 6 heteroatoms. The van der Waals surface area contributed by atoms with Crippen LogP contribution < -0.4 is 0 Å². The second-order valence-corrected chi connectivity index (χ2v) is 3.76. The molecule has 1 rings (SSSR count). The molecule has 106 valence electrons. The number of ether oxygens (including phenoxy) is 2. The molecule has 0 aromatic heterocycles. The Morgan fingerprint density at radius 3 is 2.60 bits per heavy atom. The third kappa shape index (κ3) is 3.68. The predicted molar refractivity (Wildman–Crippen MR) is 69.6 cm³/mol. The lowest BCUT2D eigenvalue weighted by Crippen LogP contribution is -2.14. The van der Waals surface area contributed by atoms with Gasteiger partial charge in [0.25, 0.3) is 0 Å². The quantitative estimate of drug-likeness (QED) is 0.625. The SMILES string of the molecule is C=CC(=O)OCCc1cccc(C(=O)OC)c1C(=O)O. The first kappa shape index (κ1) is 15.4. The van der Waals surface area contributed by atoms with Gasteiger partial charge in [-0.1, -0.05) is 18.7 Å². The van der Waals surface area contributed by atoms with Crippen molar-refractivity contribution in [2.75, 3.05) is 13.7 Å². The van der Waals surface area contributed by atoms with E-state index in [1.54, 1.807) is 12.1 Å². The van der Waals surface area contributed by atoms with Gasteiger partial charge in [-0.3, -0.25) is 0 Å². The van der Waals surface area contributed by atoms with Crippen LogP contribution in [-0.2, 0) is 20.7 Å². The zero-order valence-electron chi connectivity index (χ0n) is 10.9. The average molecular weight is 278 g/mol. The lowest BCUT2D eigenvalue weighted by atomic mass is 9.99. The van der Waals surface area contributed by atoms with Crippen LogP contribution in [0.15, 0.2) is 30.9 Å². The molecule has 1 N–H and O–H groups in total. The van der Waals surface area contributed by atoms with Gasteiger partial charge in [0, 0.05) is 12.5 Å². The van der Waals surface area contributed by atoms with Crippen LogP contribution in [-0.4, -0.2) is 36.7 Å². The number of aromatic carboxylic acids is 1. The van der Waals surface area contributed by atoms with Crippen molar-refractivity contribution in [2.45, 2.75) is 6.42 Å². The van der Waals surface area contributed by atoms with Gasteiger partial charge in [0.1, 0.15) is 0 Å². The molecular weight excluding hydrogens is 264 g/mol. The second kappa shape index (κ2) is 7.08. The maximum atomic E-state index is 11.5. The molecule has 0 bridgehead atoms. The second-order valence-electron chi connectivity index (χ2n) is 3.76. The number of carboxylic acids is 1. The van der Waals surface area contributed by atoms with E-state index in [-0.39, 0.29) is 24.2 Å². The number of rotatable bonds is 6. The summed E-state index contributed by atoms with van der Waals surface area (Å²) in [7, 11) is 1.17. The first-order valence-corrected chi connectivity index (χ1v) is 5.74. The molecular formula is C14H14O6. The molecule has 0 aliphatic carbocycles. The summed E-state index contributed by atoms with van der Waals surface area (Å²) in [6, 6.07) is 4.47. The minimum atomic E-state index is -1.24.